The molecule has 7 rings (SSSR count). The summed E-state index contributed by atoms with van der Waals surface area (Å²) in [5.41, 5.74) is 6.41. The third-order valence-corrected chi connectivity index (χ3v) is 6.31. The summed E-state index contributed by atoms with van der Waals surface area (Å²) >= 11 is 0. The van der Waals surface area contributed by atoms with E-state index in [-0.39, 0.29) is 0 Å². The van der Waals surface area contributed by atoms with Crippen LogP contribution in [0.4, 0.5) is 0 Å². The first-order valence-electron chi connectivity index (χ1n) is 11.5. The fourth-order valence-electron chi connectivity index (χ4n) is 4.52. The predicted molar refractivity (Wildman–Crippen MR) is 141 cm³/mol. The number of nitrogens with zero attached hydrogens (tertiary/aromatic N) is 3. The second kappa shape index (κ2) is 7.89. The van der Waals surface area contributed by atoms with Gasteiger partial charge in [-0.1, -0.05) is 78.9 Å². The molecular formula is C31H19N3O. The molecule has 0 spiro atoms. The van der Waals surface area contributed by atoms with Crippen molar-refractivity contribution in [2.75, 3.05) is 0 Å². The van der Waals surface area contributed by atoms with Crippen molar-refractivity contribution in [2.24, 2.45) is 0 Å². The summed E-state index contributed by atoms with van der Waals surface area (Å²) in [5.74, 6) is 1.33. The highest BCUT2D eigenvalue weighted by molar-refractivity contribution is 5.94. The highest BCUT2D eigenvalue weighted by Gasteiger charge is 2.13. The lowest BCUT2D eigenvalue weighted by molar-refractivity contribution is 0.620. The molecule has 0 aliphatic heterocycles. The van der Waals surface area contributed by atoms with E-state index in [4.69, 9.17) is 14.4 Å². The van der Waals surface area contributed by atoms with Crippen LogP contribution in [-0.4, -0.2) is 15.0 Å². The van der Waals surface area contributed by atoms with Crippen LogP contribution in [0.3, 0.4) is 0 Å². The average Bonchev–Trinajstić information content (AvgIpc) is 3.37. The van der Waals surface area contributed by atoms with Gasteiger partial charge < -0.3 is 4.42 Å². The molecule has 5 aromatic carbocycles. The van der Waals surface area contributed by atoms with Crippen LogP contribution in [0, 0.1) is 0 Å². The van der Waals surface area contributed by atoms with Crippen molar-refractivity contribution in [3.63, 3.8) is 0 Å². The molecule has 2 heterocycles. The first-order chi connectivity index (χ1) is 17.3. The molecule has 0 N–H and O–H groups in total. The molecule has 0 aliphatic carbocycles. The monoisotopic (exact) mass is 449 g/mol. The number of para-hydroxylation sites is 3. The molecule has 0 fully saturated rings. The molecule has 0 aliphatic rings. The maximum absolute atomic E-state index is 5.95. The van der Waals surface area contributed by atoms with E-state index in [1.165, 1.54) is 10.8 Å². The highest BCUT2D eigenvalue weighted by Crippen LogP contribution is 2.32. The quantitative estimate of drug-likeness (QED) is 0.275. The van der Waals surface area contributed by atoms with E-state index < -0.39 is 0 Å². The SMILES string of the molecule is c1ccc2cc(-c3nc(-c4ccc(-c5nc6ccccc6o5)cc4)c4ccccc4n3)ccc2c1. The lowest BCUT2D eigenvalue weighted by Gasteiger charge is -2.10. The Morgan fingerprint density at radius 1 is 0.486 bits per heavy atom. The molecule has 4 heteroatoms. The van der Waals surface area contributed by atoms with Crippen LogP contribution in [0.25, 0.3) is 66.9 Å². The lowest BCUT2D eigenvalue weighted by Crippen LogP contribution is -1.95. The fourth-order valence-corrected chi connectivity index (χ4v) is 4.52. The second-order valence-electron chi connectivity index (χ2n) is 8.54. The van der Waals surface area contributed by atoms with Crippen LogP contribution in [-0.2, 0) is 0 Å². The van der Waals surface area contributed by atoms with Crippen molar-refractivity contribution in [1.82, 2.24) is 15.0 Å². The maximum Gasteiger partial charge on any atom is 0.227 e. The van der Waals surface area contributed by atoms with E-state index in [9.17, 15) is 0 Å². The van der Waals surface area contributed by atoms with Gasteiger partial charge in [0, 0.05) is 22.1 Å². The van der Waals surface area contributed by atoms with Gasteiger partial charge in [-0.3, -0.25) is 0 Å². The summed E-state index contributed by atoms with van der Waals surface area (Å²) in [5, 5.41) is 3.39. The Hall–Kier alpha value is -4.83. The van der Waals surface area contributed by atoms with Gasteiger partial charge >= 0.3 is 0 Å². The molecule has 0 amide bonds. The van der Waals surface area contributed by atoms with Gasteiger partial charge in [-0.2, -0.15) is 0 Å². The Kier molecular flexibility index (Phi) is 4.42. The summed E-state index contributed by atoms with van der Waals surface area (Å²) in [4.78, 5) is 14.5. The number of aromatic nitrogens is 3. The molecule has 35 heavy (non-hydrogen) atoms. The van der Waals surface area contributed by atoms with Crippen LogP contribution < -0.4 is 0 Å². The predicted octanol–water partition coefficient (Wildman–Crippen LogP) is 7.93. The van der Waals surface area contributed by atoms with Crippen molar-refractivity contribution in [2.45, 2.75) is 0 Å². The van der Waals surface area contributed by atoms with Gasteiger partial charge in [0.05, 0.1) is 11.2 Å². The molecule has 7 aromatic rings. The Morgan fingerprint density at radius 3 is 2.03 bits per heavy atom. The minimum absolute atomic E-state index is 0.613. The first kappa shape index (κ1) is 19.6. The summed E-state index contributed by atoms with van der Waals surface area (Å²) in [6.45, 7) is 0. The molecule has 0 radical (unpaired) electrons. The first-order valence-corrected chi connectivity index (χ1v) is 11.5. The number of fused-ring (bicyclic) bond motifs is 3. The Balaban J connectivity index is 1.35. The van der Waals surface area contributed by atoms with Gasteiger partial charge in [0.2, 0.25) is 5.89 Å². The summed E-state index contributed by atoms with van der Waals surface area (Å²) in [6.07, 6.45) is 0. The van der Waals surface area contributed by atoms with Crippen molar-refractivity contribution in [3.05, 3.63) is 115 Å². The highest BCUT2D eigenvalue weighted by atomic mass is 16.3. The van der Waals surface area contributed by atoms with Crippen LogP contribution in [0.15, 0.2) is 120 Å². The van der Waals surface area contributed by atoms with Gasteiger partial charge in [0.25, 0.3) is 0 Å². The number of hydrogen-bond acceptors (Lipinski definition) is 4. The number of rotatable bonds is 3. The third-order valence-electron chi connectivity index (χ3n) is 6.31. The molecule has 164 valence electrons. The van der Waals surface area contributed by atoms with Crippen molar-refractivity contribution in [3.8, 4) is 34.1 Å². The minimum Gasteiger partial charge on any atom is -0.436 e. The minimum atomic E-state index is 0.613. The molecular weight excluding hydrogens is 430 g/mol. The van der Waals surface area contributed by atoms with Gasteiger partial charge in [0.15, 0.2) is 11.4 Å². The van der Waals surface area contributed by atoms with E-state index in [1.807, 2.05) is 54.6 Å². The fraction of sp³-hybridized carbons (Fsp3) is 0. The molecule has 0 saturated heterocycles. The van der Waals surface area contributed by atoms with Crippen LogP contribution >= 0.6 is 0 Å². The maximum atomic E-state index is 5.95. The zero-order valence-corrected chi connectivity index (χ0v) is 18.7. The van der Waals surface area contributed by atoms with Gasteiger partial charge in [-0.05, 0) is 47.2 Å². The summed E-state index contributed by atoms with van der Waals surface area (Å²) in [6, 6.07) is 38.9. The van der Waals surface area contributed by atoms with Crippen LogP contribution in [0.5, 0.6) is 0 Å². The van der Waals surface area contributed by atoms with Gasteiger partial charge in [-0.25, -0.2) is 15.0 Å². The van der Waals surface area contributed by atoms with Crippen molar-refractivity contribution < 1.29 is 4.42 Å². The van der Waals surface area contributed by atoms with Gasteiger partial charge in [0.1, 0.15) is 5.52 Å². The largest absolute Gasteiger partial charge is 0.436 e. The smallest absolute Gasteiger partial charge is 0.227 e. The Morgan fingerprint density at radius 2 is 1.17 bits per heavy atom. The molecule has 0 saturated carbocycles. The molecule has 4 nitrogen and oxygen atoms in total. The standard InChI is InChI=1S/C31H19N3O/c1-2-8-23-19-24(18-13-20(23)7-1)30-32-26-10-4-3-9-25(26)29(34-30)21-14-16-22(17-15-21)31-33-27-11-5-6-12-28(27)35-31/h1-19H. The summed E-state index contributed by atoms with van der Waals surface area (Å²) < 4.78 is 5.95. The van der Waals surface area contributed by atoms with Crippen molar-refractivity contribution in [1.29, 1.82) is 0 Å². The molecule has 0 unspecified atom stereocenters. The summed E-state index contributed by atoms with van der Waals surface area (Å²) in [7, 11) is 0. The Bertz CT molecular complexity index is 1820. The molecule has 0 bridgehead atoms. The van der Waals surface area contributed by atoms with E-state index in [0.29, 0.717) is 11.7 Å². The van der Waals surface area contributed by atoms with E-state index >= 15 is 0 Å². The zero-order valence-electron chi connectivity index (χ0n) is 18.7. The van der Waals surface area contributed by atoms with E-state index in [1.54, 1.807) is 0 Å². The van der Waals surface area contributed by atoms with E-state index in [2.05, 4.69) is 65.6 Å². The Labute approximate surface area is 201 Å². The van der Waals surface area contributed by atoms with Crippen LogP contribution in [0.2, 0.25) is 0 Å². The molecule has 0 atom stereocenters. The number of hydrogen-bond donors (Lipinski definition) is 0. The second-order valence-corrected chi connectivity index (χ2v) is 8.54. The zero-order chi connectivity index (χ0) is 23.2. The van der Waals surface area contributed by atoms with Crippen molar-refractivity contribution >= 4 is 32.8 Å². The molecule has 2 aromatic heterocycles. The van der Waals surface area contributed by atoms with Gasteiger partial charge in [-0.15, -0.1) is 0 Å². The van der Waals surface area contributed by atoms with E-state index in [0.717, 1.165) is 44.4 Å². The lowest BCUT2D eigenvalue weighted by atomic mass is 10.0. The number of benzene rings is 5. The normalized spacial score (nSPS) is 11.4. The topological polar surface area (TPSA) is 51.8 Å². The number of oxazole rings is 1. The third kappa shape index (κ3) is 3.44. The van der Waals surface area contributed by atoms with Crippen LogP contribution in [0.1, 0.15) is 0 Å². The average molecular weight is 450 g/mol.